The van der Waals surface area contributed by atoms with Crippen LogP contribution in [0.5, 0.6) is 0 Å². The standard InChI is InChI=1S/C20H26O4/c1-2-3-6-10-17(21)13-14-18-16(12-15-19(18)22)9-7-4-5-8-11-20(23)24/h3,6,12,14-17,21H,2,5,8-11,13H2,1H3,(H,23,24). The third-order valence-electron chi connectivity index (χ3n) is 3.72. The fraction of sp³-hybridized carbons (Fsp3) is 0.500. The Morgan fingerprint density at radius 2 is 2.12 bits per heavy atom. The van der Waals surface area contributed by atoms with E-state index >= 15 is 0 Å². The minimum atomic E-state index is -0.807. The second kappa shape index (κ2) is 11.4. The highest BCUT2D eigenvalue weighted by Gasteiger charge is 2.22. The Balaban J connectivity index is 2.46. The number of carboxylic acids is 1. The first-order valence-electron chi connectivity index (χ1n) is 8.47. The lowest BCUT2D eigenvalue weighted by Gasteiger charge is -2.09. The topological polar surface area (TPSA) is 74.6 Å². The van der Waals surface area contributed by atoms with E-state index in [0.717, 1.165) is 6.42 Å². The van der Waals surface area contributed by atoms with Crippen molar-refractivity contribution in [2.75, 3.05) is 0 Å². The van der Waals surface area contributed by atoms with Crippen LogP contribution in [0.2, 0.25) is 0 Å². The van der Waals surface area contributed by atoms with Gasteiger partial charge < -0.3 is 10.2 Å². The molecular weight excluding hydrogens is 304 g/mol. The Labute approximate surface area is 144 Å². The molecule has 4 nitrogen and oxygen atoms in total. The van der Waals surface area contributed by atoms with Crippen molar-refractivity contribution < 1.29 is 19.8 Å². The summed E-state index contributed by atoms with van der Waals surface area (Å²) >= 11 is 0. The third-order valence-corrected chi connectivity index (χ3v) is 3.72. The van der Waals surface area contributed by atoms with Gasteiger partial charge in [0.25, 0.3) is 0 Å². The van der Waals surface area contributed by atoms with Crippen LogP contribution in [-0.4, -0.2) is 28.1 Å². The summed E-state index contributed by atoms with van der Waals surface area (Å²) in [4.78, 5) is 22.3. The average Bonchev–Trinajstić information content (AvgIpc) is 2.89. The summed E-state index contributed by atoms with van der Waals surface area (Å²) in [7, 11) is 0. The lowest BCUT2D eigenvalue weighted by Crippen LogP contribution is -2.07. The number of allylic oxidation sites excluding steroid dienone is 4. The van der Waals surface area contributed by atoms with E-state index in [4.69, 9.17) is 5.11 Å². The van der Waals surface area contributed by atoms with Crippen LogP contribution in [0.3, 0.4) is 0 Å². The first kappa shape index (κ1) is 19.9. The molecule has 1 aliphatic rings. The number of rotatable bonds is 9. The van der Waals surface area contributed by atoms with Gasteiger partial charge in [0.15, 0.2) is 5.78 Å². The molecule has 0 bridgehead atoms. The van der Waals surface area contributed by atoms with Crippen LogP contribution in [-0.2, 0) is 9.59 Å². The summed E-state index contributed by atoms with van der Waals surface area (Å²) in [6.45, 7) is 2.04. The number of carbonyl (C=O) groups is 2. The monoisotopic (exact) mass is 330 g/mol. The highest BCUT2D eigenvalue weighted by Crippen LogP contribution is 2.25. The van der Waals surface area contributed by atoms with E-state index < -0.39 is 12.1 Å². The maximum Gasteiger partial charge on any atom is 0.303 e. The van der Waals surface area contributed by atoms with Crippen molar-refractivity contribution in [3.05, 3.63) is 36.0 Å². The van der Waals surface area contributed by atoms with Crippen LogP contribution in [0.1, 0.15) is 51.9 Å². The molecule has 0 aliphatic heterocycles. The maximum atomic E-state index is 11.9. The number of aliphatic carboxylic acids is 1. The molecule has 0 radical (unpaired) electrons. The van der Waals surface area contributed by atoms with Crippen molar-refractivity contribution in [2.45, 2.75) is 58.0 Å². The van der Waals surface area contributed by atoms with Crippen LogP contribution >= 0.6 is 0 Å². The van der Waals surface area contributed by atoms with Crippen LogP contribution in [0, 0.1) is 17.8 Å². The molecule has 4 heteroatoms. The van der Waals surface area contributed by atoms with Crippen LogP contribution in [0.25, 0.3) is 0 Å². The van der Waals surface area contributed by atoms with Crippen molar-refractivity contribution in [2.24, 2.45) is 5.92 Å². The van der Waals surface area contributed by atoms with Crippen molar-refractivity contribution >= 4 is 11.8 Å². The summed E-state index contributed by atoms with van der Waals surface area (Å²) in [6.07, 6.45) is 12.5. The molecule has 2 N–H and O–H groups in total. The molecule has 0 amide bonds. The molecule has 0 saturated carbocycles. The van der Waals surface area contributed by atoms with Crippen LogP contribution in [0.4, 0.5) is 0 Å². The highest BCUT2D eigenvalue weighted by molar-refractivity contribution is 6.07. The number of hydrogen-bond acceptors (Lipinski definition) is 3. The van der Waals surface area contributed by atoms with Gasteiger partial charge in [0.05, 0.1) is 6.10 Å². The molecule has 2 atom stereocenters. The molecular formula is C20H26O4. The largest absolute Gasteiger partial charge is 0.481 e. The van der Waals surface area contributed by atoms with E-state index in [1.165, 1.54) is 0 Å². The van der Waals surface area contributed by atoms with Gasteiger partial charge in [-0.25, -0.2) is 0 Å². The number of aliphatic hydroxyl groups is 1. The van der Waals surface area contributed by atoms with Gasteiger partial charge in [-0.2, -0.15) is 0 Å². The number of aliphatic hydroxyl groups excluding tert-OH is 1. The quantitative estimate of drug-likeness (QED) is 0.294. The number of hydrogen-bond donors (Lipinski definition) is 2. The third kappa shape index (κ3) is 7.94. The molecule has 1 aliphatic carbocycles. The van der Waals surface area contributed by atoms with Gasteiger partial charge in [-0.15, -0.1) is 11.8 Å². The molecule has 2 unspecified atom stereocenters. The van der Waals surface area contributed by atoms with Crippen LogP contribution in [0.15, 0.2) is 36.0 Å². The Morgan fingerprint density at radius 1 is 1.33 bits per heavy atom. The minimum Gasteiger partial charge on any atom is -0.481 e. The second-order valence-corrected chi connectivity index (χ2v) is 5.80. The summed E-state index contributed by atoms with van der Waals surface area (Å²) < 4.78 is 0. The fourth-order valence-corrected chi connectivity index (χ4v) is 2.39. The lowest BCUT2D eigenvalue weighted by molar-refractivity contribution is -0.137. The van der Waals surface area contributed by atoms with Crippen molar-refractivity contribution in [1.29, 1.82) is 0 Å². The van der Waals surface area contributed by atoms with Crippen molar-refractivity contribution in [3.8, 4) is 11.8 Å². The Kier molecular flexibility index (Phi) is 9.48. The number of ketones is 1. The molecule has 0 aromatic rings. The molecule has 0 heterocycles. The predicted molar refractivity (Wildman–Crippen MR) is 94.3 cm³/mol. The first-order chi connectivity index (χ1) is 11.5. The fourth-order valence-electron chi connectivity index (χ4n) is 2.39. The summed E-state index contributed by atoms with van der Waals surface area (Å²) in [5, 5.41) is 18.5. The van der Waals surface area contributed by atoms with Gasteiger partial charge in [0, 0.05) is 30.8 Å². The first-order valence-corrected chi connectivity index (χ1v) is 8.47. The smallest absolute Gasteiger partial charge is 0.303 e. The Hall–Kier alpha value is -2.12. The molecule has 130 valence electrons. The number of unbranched alkanes of at least 4 members (excludes halogenated alkanes) is 1. The van der Waals surface area contributed by atoms with E-state index in [1.807, 2.05) is 31.2 Å². The maximum absolute atomic E-state index is 11.9. The van der Waals surface area contributed by atoms with E-state index in [0.29, 0.717) is 37.7 Å². The molecule has 0 spiro atoms. The Morgan fingerprint density at radius 3 is 2.83 bits per heavy atom. The van der Waals surface area contributed by atoms with E-state index in [2.05, 4.69) is 11.8 Å². The zero-order valence-corrected chi connectivity index (χ0v) is 14.2. The lowest BCUT2D eigenvalue weighted by atomic mass is 9.96. The van der Waals surface area contributed by atoms with Gasteiger partial charge in [-0.3, -0.25) is 9.59 Å². The van der Waals surface area contributed by atoms with Gasteiger partial charge in [-0.05, 0) is 31.8 Å². The van der Waals surface area contributed by atoms with Gasteiger partial charge in [-0.1, -0.05) is 31.2 Å². The van der Waals surface area contributed by atoms with Gasteiger partial charge in [0.2, 0.25) is 0 Å². The second-order valence-electron chi connectivity index (χ2n) is 5.80. The van der Waals surface area contributed by atoms with Gasteiger partial charge in [0.1, 0.15) is 0 Å². The van der Waals surface area contributed by atoms with Crippen molar-refractivity contribution in [3.63, 3.8) is 0 Å². The molecule has 0 aromatic heterocycles. The summed E-state index contributed by atoms with van der Waals surface area (Å²) in [6, 6.07) is 0. The molecule has 1 rings (SSSR count). The molecule has 0 fully saturated rings. The Bertz CT molecular complexity index is 572. The summed E-state index contributed by atoms with van der Waals surface area (Å²) in [5.74, 6) is 5.14. The highest BCUT2D eigenvalue weighted by atomic mass is 16.4. The van der Waals surface area contributed by atoms with E-state index in [1.54, 1.807) is 6.08 Å². The molecule has 0 aromatic carbocycles. The zero-order valence-electron chi connectivity index (χ0n) is 14.2. The predicted octanol–water partition coefficient (Wildman–Crippen LogP) is 3.42. The summed E-state index contributed by atoms with van der Waals surface area (Å²) in [5.41, 5.74) is 0.702. The van der Waals surface area contributed by atoms with Crippen LogP contribution < -0.4 is 0 Å². The molecule has 24 heavy (non-hydrogen) atoms. The van der Waals surface area contributed by atoms with Gasteiger partial charge >= 0.3 is 5.97 Å². The van der Waals surface area contributed by atoms with Crippen molar-refractivity contribution in [1.82, 2.24) is 0 Å². The minimum absolute atomic E-state index is 0.0102. The number of carbonyl (C=O) groups excluding carboxylic acids is 1. The zero-order chi connectivity index (χ0) is 17.8. The normalized spacial score (nSPS) is 19.7. The van der Waals surface area contributed by atoms with E-state index in [-0.39, 0.29) is 18.1 Å². The molecule has 0 saturated heterocycles. The van der Waals surface area contributed by atoms with E-state index in [9.17, 15) is 14.7 Å². The number of carboxylic acid groups (broad SMARTS) is 1. The SMILES string of the molecule is CCC=CCC(O)CC=C1C(=O)C=CC1CC#CCCCC(=O)O. The average molecular weight is 330 g/mol.